The Labute approximate surface area is 157 Å². The number of nitriles is 1. The van der Waals surface area contributed by atoms with Crippen molar-refractivity contribution in [1.29, 1.82) is 5.26 Å². The lowest BCUT2D eigenvalue weighted by Crippen LogP contribution is -2.35. The Morgan fingerprint density at radius 2 is 1.85 bits per heavy atom. The van der Waals surface area contributed by atoms with Crippen LogP contribution in [0.15, 0.2) is 42.5 Å². The normalized spacial score (nSPS) is 11.0. The van der Waals surface area contributed by atoms with E-state index in [0.717, 1.165) is 5.56 Å². The van der Waals surface area contributed by atoms with Crippen LogP contribution < -0.4 is 14.8 Å². The molecule has 0 aliphatic carbocycles. The van der Waals surface area contributed by atoms with Crippen molar-refractivity contribution in [3.63, 3.8) is 0 Å². The summed E-state index contributed by atoms with van der Waals surface area (Å²) in [7, 11) is 3.07. The Balaban J connectivity index is 1.93. The lowest BCUT2D eigenvalue weighted by molar-refractivity contribution is -0.129. The van der Waals surface area contributed by atoms with Gasteiger partial charge in [0.2, 0.25) is 0 Å². The summed E-state index contributed by atoms with van der Waals surface area (Å²) in [6, 6.07) is 13.3. The van der Waals surface area contributed by atoms with E-state index in [1.165, 1.54) is 26.2 Å². The molecule has 1 N–H and O–H groups in total. The Morgan fingerprint density at radius 1 is 1.11 bits per heavy atom. The molecular weight excluding hydrogens is 348 g/mol. The number of ether oxygens (including phenoxy) is 3. The van der Waals surface area contributed by atoms with Crippen molar-refractivity contribution in [2.24, 2.45) is 0 Å². The molecule has 0 bridgehead atoms. The van der Waals surface area contributed by atoms with Gasteiger partial charge in [-0.15, -0.1) is 0 Å². The van der Waals surface area contributed by atoms with Crippen LogP contribution in [0.5, 0.6) is 11.5 Å². The van der Waals surface area contributed by atoms with Crippen LogP contribution in [-0.2, 0) is 16.1 Å². The number of esters is 1. The van der Waals surface area contributed by atoms with E-state index in [9.17, 15) is 9.59 Å². The molecule has 2 rings (SSSR count). The summed E-state index contributed by atoms with van der Waals surface area (Å²) in [5, 5.41) is 11.6. The molecule has 0 saturated heterocycles. The number of rotatable bonds is 7. The van der Waals surface area contributed by atoms with Gasteiger partial charge in [0.25, 0.3) is 5.91 Å². The van der Waals surface area contributed by atoms with E-state index in [1.807, 2.05) is 6.07 Å². The Morgan fingerprint density at radius 3 is 2.52 bits per heavy atom. The highest BCUT2D eigenvalue weighted by Crippen LogP contribution is 2.27. The van der Waals surface area contributed by atoms with Gasteiger partial charge in [0, 0.05) is 6.54 Å². The first kappa shape index (κ1) is 19.8. The second-order valence-electron chi connectivity index (χ2n) is 5.65. The van der Waals surface area contributed by atoms with Crippen molar-refractivity contribution in [3.8, 4) is 17.6 Å². The van der Waals surface area contributed by atoms with Crippen LogP contribution in [0.4, 0.5) is 0 Å². The first-order chi connectivity index (χ1) is 13.0. The van der Waals surface area contributed by atoms with Crippen molar-refractivity contribution in [2.45, 2.75) is 19.6 Å². The van der Waals surface area contributed by atoms with Gasteiger partial charge in [0.15, 0.2) is 17.6 Å². The third-order valence-corrected chi connectivity index (χ3v) is 3.80. The van der Waals surface area contributed by atoms with E-state index in [4.69, 9.17) is 19.5 Å². The maximum atomic E-state index is 12.2. The van der Waals surface area contributed by atoms with E-state index in [0.29, 0.717) is 17.1 Å². The smallest absolute Gasteiger partial charge is 0.338 e. The largest absolute Gasteiger partial charge is 0.493 e. The molecule has 2 aromatic rings. The topological polar surface area (TPSA) is 97.6 Å². The Bertz CT molecular complexity index is 873. The van der Waals surface area contributed by atoms with Crippen LogP contribution in [-0.4, -0.2) is 32.2 Å². The minimum atomic E-state index is -0.983. The minimum Gasteiger partial charge on any atom is -0.493 e. The summed E-state index contributed by atoms with van der Waals surface area (Å²) in [6.45, 7) is 1.72. The van der Waals surface area contributed by atoms with E-state index < -0.39 is 18.0 Å². The monoisotopic (exact) mass is 368 g/mol. The molecule has 27 heavy (non-hydrogen) atoms. The van der Waals surface area contributed by atoms with Gasteiger partial charge in [-0.3, -0.25) is 4.79 Å². The van der Waals surface area contributed by atoms with Gasteiger partial charge in [-0.2, -0.15) is 5.26 Å². The molecule has 1 unspecified atom stereocenters. The number of methoxy groups -OCH3 is 2. The molecule has 1 atom stereocenters. The van der Waals surface area contributed by atoms with Gasteiger partial charge in [-0.1, -0.05) is 12.1 Å². The number of benzene rings is 2. The molecule has 0 heterocycles. The van der Waals surface area contributed by atoms with Crippen molar-refractivity contribution in [2.75, 3.05) is 14.2 Å². The number of hydrogen-bond donors (Lipinski definition) is 1. The molecule has 140 valence electrons. The van der Waals surface area contributed by atoms with Gasteiger partial charge >= 0.3 is 5.97 Å². The highest BCUT2D eigenvalue weighted by molar-refractivity contribution is 5.92. The lowest BCUT2D eigenvalue weighted by Gasteiger charge is -2.14. The predicted octanol–water partition coefficient (Wildman–Crippen LogP) is 2.44. The molecule has 0 fully saturated rings. The van der Waals surface area contributed by atoms with Gasteiger partial charge in [-0.05, 0) is 42.8 Å². The fourth-order valence-corrected chi connectivity index (χ4v) is 2.32. The van der Waals surface area contributed by atoms with E-state index in [1.54, 1.807) is 37.4 Å². The Kier molecular flexibility index (Phi) is 6.78. The predicted molar refractivity (Wildman–Crippen MR) is 97.4 cm³/mol. The van der Waals surface area contributed by atoms with E-state index in [-0.39, 0.29) is 12.1 Å². The van der Waals surface area contributed by atoms with Crippen LogP contribution in [0.2, 0.25) is 0 Å². The summed E-state index contributed by atoms with van der Waals surface area (Å²) in [5.74, 6) is 0.0472. The van der Waals surface area contributed by atoms with Crippen LogP contribution in [0.25, 0.3) is 0 Å². The lowest BCUT2D eigenvalue weighted by atomic mass is 10.1. The number of nitrogens with zero attached hydrogens (tertiary/aromatic N) is 1. The molecule has 7 heteroatoms. The molecule has 0 aromatic heterocycles. The molecule has 0 aliphatic rings. The van der Waals surface area contributed by atoms with E-state index >= 15 is 0 Å². The zero-order valence-corrected chi connectivity index (χ0v) is 15.3. The Hall–Kier alpha value is -3.53. The van der Waals surface area contributed by atoms with Gasteiger partial charge in [0.05, 0.1) is 31.4 Å². The molecule has 0 aliphatic heterocycles. The summed E-state index contributed by atoms with van der Waals surface area (Å²) in [4.78, 5) is 24.3. The summed E-state index contributed by atoms with van der Waals surface area (Å²) in [6.07, 6.45) is -0.983. The van der Waals surface area contributed by atoms with E-state index in [2.05, 4.69) is 5.32 Å². The molecule has 0 spiro atoms. The number of carbonyl (C=O) groups is 2. The number of nitrogens with one attached hydrogen (secondary N) is 1. The standard InChI is InChI=1S/C20H20N2O5/c1-13(27-20(24)16-6-4-5-14(9-16)11-21)19(23)22-12-15-7-8-17(25-2)18(10-15)26-3/h4-10,13H,12H2,1-3H3,(H,22,23). The highest BCUT2D eigenvalue weighted by Gasteiger charge is 2.19. The number of amides is 1. The molecule has 1 amide bonds. The third-order valence-electron chi connectivity index (χ3n) is 3.80. The van der Waals surface area contributed by atoms with Crippen molar-refractivity contribution in [3.05, 3.63) is 59.2 Å². The zero-order chi connectivity index (χ0) is 19.8. The maximum Gasteiger partial charge on any atom is 0.338 e. The second-order valence-corrected chi connectivity index (χ2v) is 5.65. The van der Waals surface area contributed by atoms with Crippen LogP contribution >= 0.6 is 0 Å². The molecule has 0 saturated carbocycles. The quantitative estimate of drug-likeness (QED) is 0.754. The average Bonchev–Trinajstić information content (AvgIpc) is 2.71. The third kappa shape index (κ3) is 5.22. The molecule has 0 radical (unpaired) electrons. The molecular formula is C20H20N2O5. The zero-order valence-electron chi connectivity index (χ0n) is 15.3. The highest BCUT2D eigenvalue weighted by atomic mass is 16.5. The number of carbonyl (C=O) groups excluding carboxylic acids is 2. The summed E-state index contributed by atoms with van der Waals surface area (Å²) >= 11 is 0. The fraction of sp³-hybridized carbons (Fsp3) is 0.250. The second kappa shape index (κ2) is 9.25. The first-order valence-electron chi connectivity index (χ1n) is 8.18. The van der Waals surface area contributed by atoms with Gasteiger partial charge < -0.3 is 19.5 Å². The SMILES string of the molecule is COc1ccc(CNC(=O)C(C)OC(=O)c2cccc(C#N)c2)cc1OC. The van der Waals surface area contributed by atoms with Gasteiger partial charge in [-0.25, -0.2) is 4.79 Å². The molecule has 2 aromatic carbocycles. The maximum absolute atomic E-state index is 12.2. The van der Waals surface area contributed by atoms with Crippen LogP contribution in [0.3, 0.4) is 0 Å². The number of hydrogen-bond acceptors (Lipinski definition) is 6. The van der Waals surface area contributed by atoms with Crippen molar-refractivity contribution >= 4 is 11.9 Å². The summed E-state index contributed by atoms with van der Waals surface area (Å²) < 4.78 is 15.6. The van der Waals surface area contributed by atoms with Crippen LogP contribution in [0, 0.1) is 11.3 Å². The van der Waals surface area contributed by atoms with Gasteiger partial charge in [0.1, 0.15) is 0 Å². The summed E-state index contributed by atoms with van der Waals surface area (Å²) in [5.41, 5.74) is 1.37. The van der Waals surface area contributed by atoms with Crippen LogP contribution in [0.1, 0.15) is 28.4 Å². The minimum absolute atomic E-state index is 0.216. The van der Waals surface area contributed by atoms with Crippen molar-refractivity contribution < 1.29 is 23.8 Å². The fourth-order valence-electron chi connectivity index (χ4n) is 2.32. The first-order valence-corrected chi connectivity index (χ1v) is 8.18. The molecule has 7 nitrogen and oxygen atoms in total. The van der Waals surface area contributed by atoms with Crippen molar-refractivity contribution in [1.82, 2.24) is 5.32 Å². The average molecular weight is 368 g/mol.